The topological polar surface area (TPSA) is 68.0 Å². The zero-order chi connectivity index (χ0) is 8.97. The molecule has 1 N–H and O–H groups in total. The molecule has 0 spiro atoms. The van der Waals surface area contributed by atoms with Gasteiger partial charge in [0.15, 0.2) is 0 Å². The van der Waals surface area contributed by atoms with Crippen LogP contribution in [-0.4, -0.2) is 26.1 Å². The highest BCUT2D eigenvalue weighted by atomic mass is 16.4. The number of rotatable bonds is 3. The zero-order valence-corrected chi connectivity index (χ0v) is 6.58. The molecule has 64 valence electrons. The second-order valence-electron chi connectivity index (χ2n) is 2.32. The fraction of sp³-hybridized carbons (Fsp3) is 0.286. The van der Waals surface area contributed by atoms with E-state index < -0.39 is 5.97 Å². The lowest BCUT2D eigenvalue weighted by molar-refractivity contribution is -0.131. The van der Waals surface area contributed by atoms with Crippen molar-refractivity contribution in [2.45, 2.75) is 13.0 Å². The number of allylic oxidation sites excluding steroid dienone is 1. The average Bonchev–Trinajstić information content (AvgIpc) is 2.51. The third kappa shape index (κ3) is 2.19. The minimum absolute atomic E-state index is 0.0800. The summed E-state index contributed by atoms with van der Waals surface area (Å²) in [5.41, 5.74) is 0. The van der Waals surface area contributed by atoms with Crippen molar-refractivity contribution < 1.29 is 9.90 Å². The fourth-order valence-electron chi connectivity index (χ4n) is 0.744. The number of hydrogen-bond donors (Lipinski definition) is 1. The summed E-state index contributed by atoms with van der Waals surface area (Å²) in [5, 5.41) is 15.6. The fourth-order valence-corrected chi connectivity index (χ4v) is 0.744. The highest BCUT2D eigenvalue weighted by Gasteiger charge is 1.99. The van der Waals surface area contributed by atoms with Gasteiger partial charge in [-0.2, -0.15) is 0 Å². The molecule has 5 heteroatoms. The first-order chi connectivity index (χ1) is 5.70. The monoisotopic (exact) mass is 167 g/mol. The van der Waals surface area contributed by atoms with Crippen molar-refractivity contribution in [1.82, 2.24) is 15.0 Å². The van der Waals surface area contributed by atoms with Crippen LogP contribution >= 0.6 is 0 Å². The van der Waals surface area contributed by atoms with Crippen LogP contribution in [0.4, 0.5) is 0 Å². The van der Waals surface area contributed by atoms with Gasteiger partial charge in [-0.05, 0) is 6.92 Å². The second kappa shape index (κ2) is 3.66. The molecule has 1 unspecified atom stereocenters. The smallest absolute Gasteiger partial charge is 0.328 e. The number of carboxylic acid groups (broad SMARTS) is 1. The van der Waals surface area contributed by atoms with Crippen LogP contribution in [0.15, 0.2) is 24.5 Å². The van der Waals surface area contributed by atoms with Gasteiger partial charge in [-0.1, -0.05) is 11.3 Å². The summed E-state index contributed by atoms with van der Waals surface area (Å²) < 4.78 is 1.57. The molecule has 0 aliphatic heterocycles. The van der Waals surface area contributed by atoms with E-state index in [-0.39, 0.29) is 6.04 Å². The summed E-state index contributed by atoms with van der Waals surface area (Å²) in [5.74, 6) is -0.957. The van der Waals surface area contributed by atoms with Gasteiger partial charge in [0.05, 0.1) is 12.2 Å². The SMILES string of the molecule is CC(/C=C\C(=O)O)n1ccnn1. The minimum Gasteiger partial charge on any atom is -0.478 e. The number of aromatic nitrogens is 3. The zero-order valence-electron chi connectivity index (χ0n) is 6.58. The van der Waals surface area contributed by atoms with Crippen LogP contribution in [0, 0.1) is 0 Å². The largest absolute Gasteiger partial charge is 0.478 e. The van der Waals surface area contributed by atoms with Crippen molar-refractivity contribution in [3.8, 4) is 0 Å². The first-order valence-corrected chi connectivity index (χ1v) is 3.47. The quantitative estimate of drug-likeness (QED) is 0.665. The lowest BCUT2D eigenvalue weighted by Gasteiger charge is -2.03. The summed E-state index contributed by atoms with van der Waals surface area (Å²) in [7, 11) is 0. The van der Waals surface area contributed by atoms with E-state index in [4.69, 9.17) is 5.11 Å². The molecular formula is C7H9N3O2. The first kappa shape index (κ1) is 8.45. The number of carboxylic acids is 1. The average molecular weight is 167 g/mol. The highest BCUT2D eigenvalue weighted by Crippen LogP contribution is 2.02. The maximum Gasteiger partial charge on any atom is 0.328 e. The molecule has 12 heavy (non-hydrogen) atoms. The van der Waals surface area contributed by atoms with Crippen molar-refractivity contribution in [3.05, 3.63) is 24.5 Å². The number of nitrogens with zero attached hydrogens (tertiary/aromatic N) is 3. The molecule has 0 fully saturated rings. The number of aliphatic carboxylic acids is 1. The molecule has 1 aromatic heterocycles. The number of hydrogen-bond acceptors (Lipinski definition) is 3. The predicted molar refractivity (Wildman–Crippen MR) is 41.5 cm³/mol. The maximum absolute atomic E-state index is 10.1. The van der Waals surface area contributed by atoms with Gasteiger partial charge in [0.2, 0.25) is 0 Å². The van der Waals surface area contributed by atoms with Crippen LogP contribution < -0.4 is 0 Å². The van der Waals surface area contributed by atoms with E-state index in [1.54, 1.807) is 17.1 Å². The van der Waals surface area contributed by atoms with Gasteiger partial charge in [-0.15, -0.1) is 5.10 Å². The third-order valence-corrected chi connectivity index (χ3v) is 1.38. The van der Waals surface area contributed by atoms with Crippen molar-refractivity contribution >= 4 is 5.97 Å². The van der Waals surface area contributed by atoms with Gasteiger partial charge in [0, 0.05) is 12.3 Å². The Bertz CT molecular complexity index is 279. The minimum atomic E-state index is -0.957. The van der Waals surface area contributed by atoms with Gasteiger partial charge >= 0.3 is 5.97 Å². The van der Waals surface area contributed by atoms with E-state index >= 15 is 0 Å². The molecule has 0 saturated heterocycles. The van der Waals surface area contributed by atoms with Gasteiger partial charge < -0.3 is 5.11 Å². The molecule has 1 aromatic rings. The van der Waals surface area contributed by atoms with Gasteiger partial charge in [-0.25, -0.2) is 9.48 Å². The molecule has 0 aliphatic carbocycles. The summed E-state index contributed by atoms with van der Waals surface area (Å²) in [6.07, 6.45) is 5.85. The summed E-state index contributed by atoms with van der Waals surface area (Å²) in [6, 6.07) is -0.0800. The Balaban J connectivity index is 2.61. The van der Waals surface area contributed by atoms with Gasteiger partial charge in [-0.3, -0.25) is 0 Å². The Labute approximate surface area is 69.3 Å². The summed E-state index contributed by atoms with van der Waals surface area (Å²) in [6.45, 7) is 1.83. The van der Waals surface area contributed by atoms with Crippen molar-refractivity contribution in [1.29, 1.82) is 0 Å². The van der Waals surface area contributed by atoms with E-state index in [2.05, 4.69) is 10.3 Å². The Morgan fingerprint density at radius 1 is 1.75 bits per heavy atom. The Kier molecular flexibility index (Phi) is 2.57. The van der Waals surface area contributed by atoms with Crippen LogP contribution in [-0.2, 0) is 4.79 Å². The van der Waals surface area contributed by atoms with E-state index in [0.29, 0.717) is 0 Å². The highest BCUT2D eigenvalue weighted by molar-refractivity contribution is 5.79. The lowest BCUT2D eigenvalue weighted by Crippen LogP contribution is -2.03. The summed E-state index contributed by atoms with van der Waals surface area (Å²) in [4.78, 5) is 10.1. The van der Waals surface area contributed by atoms with Gasteiger partial charge in [0.1, 0.15) is 0 Å². The Morgan fingerprint density at radius 3 is 3.00 bits per heavy atom. The summed E-state index contributed by atoms with van der Waals surface area (Å²) >= 11 is 0. The van der Waals surface area contributed by atoms with E-state index in [1.165, 1.54) is 6.08 Å². The number of carbonyl (C=O) groups is 1. The van der Waals surface area contributed by atoms with Crippen molar-refractivity contribution in [2.24, 2.45) is 0 Å². The molecule has 0 aromatic carbocycles. The third-order valence-electron chi connectivity index (χ3n) is 1.38. The molecule has 0 radical (unpaired) electrons. The standard InChI is InChI=1S/C7H9N3O2/c1-6(2-3-7(11)12)10-5-4-8-9-10/h2-6H,1H3,(H,11,12)/b3-2-. The molecular weight excluding hydrogens is 158 g/mol. The van der Waals surface area contributed by atoms with E-state index in [1.807, 2.05) is 6.92 Å². The van der Waals surface area contributed by atoms with Crippen LogP contribution in [0.5, 0.6) is 0 Å². The molecule has 0 bridgehead atoms. The maximum atomic E-state index is 10.1. The molecule has 0 saturated carbocycles. The Hall–Kier alpha value is -1.65. The lowest BCUT2D eigenvalue weighted by atomic mass is 10.3. The van der Waals surface area contributed by atoms with Crippen molar-refractivity contribution in [3.63, 3.8) is 0 Å². The predicted octanol–water partition coefficient (Wildman–Crippen LogP) is 0.480. The van der Waals surface area contributed by atoms with E-state index in [0.717, 1.165) is 6.08 Å². The van der Waals surface area contributed by atoms with Crippen molar-refractivity contribution in [2.75, 3.05) is 0 Å². The van der Waals surface area contributed by atoms with Crippen LogP contribution in [0.25, 0.3) is 0 Å². The second-order valence-corrected chi connectivity index (χ2v) is 2.32. The molecule has 0 amide bonds. The normalized spacial score (nSPS) is 13.4. The molecule has 1 atom stereocenters. The first-order valence-electron chi connectivity index (χ1n) is 3.47. The Morgan fingerprint density at radius 2 is 2.50 bits per heavy atom. The molecule has 1 heterocycles. The van der Waals surface area contributed by atoms with E-state index in [9.17, 15) is 4.79 Å². The van der Waals surface area contributed by atoms with Crippen LogP contribution in [0.1, 0.15) is 13.0 Å². The van der Waals surface area contributed by atoms with Crippen LogP contribution in [0.2, 0.25) is 0 Å². The molecule has 1 rings (SSSR count). The molecule has 5 nitrogen and oxygen atoms in total. The molecule has 0 aliphatic rings. The van der Waals surface area contributed by atoms with Gasteiger partial charge in [0.25, 0.3) is 0 Å². The van der Waals surface area contributed by atoms with Crippen LogP contribution in [0.3, 0.4) is 0 Å².